The van der Waals surface area contributed by atoms with Crippen molar-refractivity contribution in [3.05, 3.63) is 71.7 Å². The third kappa shape index (κ3) is 3.33. The van der Waals surface area contributed by atoms with Gasteiger partial charge in [0, 0.05) is 17.4 Å². The van der Waals surface area contributed by atoms with E-state index in [0.717, 1.165) is 5.56 Å². The fourth-order valence-electron chi connectivity index (χ4n) is 2.11. The van der Waals surface area contributed by atoms with Crippen LogP contribution in [0.3, 0.4) is 0 Å². The molecule has 3 nitrogen and oxygen atoms in total. The first-order valence-corrected chi connectivity index (χ1v) is 6.67. The lowest BCUT2D eigenvalue weighted by Crippen LogP contribution is -2.22. The second-order valence-electron chi connectivity index (χ2n) is 4.55. The molecule has 4 heteroatoms. The third-order valence-electron chi connectivity index (χ3n) is 3.15. The average molecular weight is 294 g/mol. The molecule has 0 saturated heterocycles. The lowest BCUT2D eigenvalue weighted by Gasteiger charge is -2.03. The zero-order chi connectivity index (χ0) is 15.9. The maximum absolute atomic E-state index is 13.6. The second kappa shape index (κ2) is 7.09. The zero-order valence-corrected chi connectivity index (χ0v) is 11.8. The molecular weight excluding hydrogens is 279 g/mol. The van der Waals surface area contributed by atoms with Gasteiger partial charge in [-0.05, 0) is 23.8 Å². The number of nitrogens with one attached hydrogen (secondary N) is 2. The van der Waals surface area contributed by atoms with Crippen LogP contribution in [0.4, 0.5) is 4.39 Å². The zero-order valence-electron chi connectivity index (χ0n) is 11.8. The van der Waals surface area contributed by atoms with E-state index in [-0.39, 0.29) is 11.7 Å². The molecule has 2 aromatic carbocycles. The number of halogens is 1. The number of carbonyl (C=O) groups excluding carboxylic acids is 1. The number of aromatic amines is 1. The molecule has 0 aliphatic heterocycles. The molecule has 0 aliphatic rings. The summed E-state index contributed by atoms with van der Waals surface area (Å²) >= 11 is 0. The molecule has 0 aliphatic carbocycles. The Morgan fingerprint density at radius 3 is 2.50 bits per heavy atom. The standard InChI is InChI=1S/C16H13FN2O.C2H2/c17-13-7-4-8-14-12(13)9-15(19-14)16(20)18-10-11-5-2-1-3-6-11;1-2/h1-9,19H,10H2,(H,18,20);1-2H. The van der Waals surface area contributed by atoms with E-state index in [9.17, 15) is 9.18 Å². The Kier molecular flexibility index (Phi) is 4.94. The Bertz CT molecular complexity index is 790. The summed E-state index contributed by atoms with van der Waals surface area (Å²) in [5.74, 6) is -0.578. The highest BCUT2D eigenvalue weighted by Gasteiger charge is 2.11. The molecule has 3 aromatic rings. The van der Waals surface area contributed by atoms with E-state index in [1.54, 1.807) is 12.1 Å². The van der Waals surface area contributed by atoms with Crippen LogP contribution in [0.15, 0.2) is 54.6 Å². The average Bonchev–Trinajstić information content (AvgIpc) is 3.01. The number of rotatable bonds is 3. The summed E-state index contributed by atoms with van der Waals surface area (Å²) in [6.07, 6.45) is 8.00. The maximum atomic E-state index is 13.6. The van der Waals surface area contributed by atoms with Crippen LogP contribution in [0.1, 0.15) is 16.1 Å². The number of hydrogen-bond donors (Lipinski definition) is 2. The first-order valence-electron chi connectivity index (χ1n) is 6.67. The molecule has 1 aromatic heterocycles. The van der Waals surface area contributed by atoms with Crippen LogP contribution in [-0.2, 0) is 6.54 Å². The van der Waals surface area contributed by atoms with Crippen molar-refractivity contribution in [2.24, 2.45) is 0 Å². The van der Waals surface area contributed by atoms with Crippen molar-refractivity contribution in [2.75, 3.05) is 0 Å². The van der Waals surface area contributed by atoms with Gasteiger partial charge in [-0.1, -0.05) is 36.4 Å². The predicted octanol–water partition coefficient (Wildman–Crippen LogP) is 3.49. The summed E-state index contributed by atoms with van der Waals surface area (Å²) < 4.78 is 13.6. The van der Waals surface area contributed by atoms with Crippen LogP contribution in [0.5, 0.6) is 0 Å². The van der Waals surface area contributed by atoms with E-state index in [4.69, 9.17) is 0 Å². The molecule has 0 atom stereocenters. The van der Waals surface area contributed by atoms with Gasteiger partial charge < -0.3 is 10.3 Å². The number of benzene rings is 2. The predicted molar refractivity (Wildman–Crippen MR) is 85.8 cm³/mol. The van der Waals surface area contributed by atoms with Crippen LogP contribution < -0.4 is 5.32 Å². The monoisotopic (exact) mass is 294 g/mol. The fourth-order valence-corrected chi connectivity index (χ4v) is 2.11. The van der Waals surface area contributed by atoms with Crippen molar-refractivity contribution in [2.45, 2.75) is 6.54 Å². The lowest BCUT2D eigenvalue weighted by atomic mass is 10.2. The maximum Gasteiger partial charge on any atom is 0.267 e. The smallest absolute Gasteiger partial charge is 0.267 e. The number of terminal acetylenes is 1. The van der Waals surface area contributed by atoms with Gasteiger partial charge in [-0.2, -0.15) is 0 Å². The van der Waals surface area contributed by atoms with E-state index < -0.39 is 0 Å². The minimum atomic E-state index is -0.333. The molecule has 22 heavy (non-hydrogen) atoms. The van der Waals surface area contributed by atoms with Crippen molar-refractivity contribution in [1.29, 1.82) is 0 Å². The van der Waals surface area contributed by atoms with E-state index >= 15 is 0 Å². The summed E-state index contributed by atoms with van der Waals surface area (Å²) in [6, 6.07) is 15.9. The number of aromatic nitrogens is 1. The SMILES string of the molecule is C#C.O=C(NCc1ccccc1)c1cc2c(F)cccc2[nH]1. The molecule has 0 saturated carbocycles. The molecule has 0 radical (unpaired) electrons. The van der Waals surface area contributed by atoms with Gasteiger partial charge in [0.15, 0.2) is 0 Å². The van der Waals surface area contributed by atoms with Crippen molar-refractivity contribution < 1.29 is 9.18 Å². The van der Waals surface area contributed by atoms with Crippen LogP contribution in [0.25, 0.3) is 10.9 Å². The van der Waals surface area contributed by atoms with Crippen LogP contribution in [0, 0.1) is 18.7 Å². The van der Waals surface area contributed by atoms with Gasteiger partial charge in [-0.15, -0.1) is 12.8 Å². The Morgan fingerprint density at radius 1 is 1.09 bits per heavy atom. The summed E-state index contributed by atoms with van der Waals surface area (Å²) in [5.41, 5.74) is 2.00. The Hall–Kier alpha value is -3.06. The molecule has 0 bridgehead atoms. The Balaban J connectivity index is 0.000000847. The van der Waals surface area contributed by atoms with E-state index in [1.807, 2.05) is 30.3 Å². The van der Waals surface area contributed by atoms with Gasteiger partial charge >= 0.3 is 0 Å². The van der Waals surface area contributed by atoms with Crippen LogP contribution >= 0.6 is 0 Å². The molecule has 0 unspecified atom stereocenters. The molecule has 0 spiro atoms. The summed E-state index contributed by atoms with van der Waals surface area (Å²) in [7, 11) is 0. The summed E-state index contributed by atoms with van der Waals surface area (Å²) in [6.45, 7) is 0.442. The lowest BCUT2D eigenvalue weighted by molar-refractivity contribution is 0.0947. The van der Waals surface area contributed by atoms with Crippen molar-refractivity contribution in [1.82, 2.24) is 10.3 Å². The molecule has 3 rings (SSSR count). The van der Waals surface area contributed by atoms with Crippen molar-refractivity contribution in [3.8, 4) is 12.8 Å². The molecule has 2 N–H and O–H groups in total. The second-order valence-corrected chi connectivity index (χ2v) is 4.55. The number of carbonyl (C=O) groups is 1. The Morgan fingerprint density at radius 2 is 1.82 bits per heavy atom. The van der Waals surface area contributed by atoms with Crippen LogP contribution in [-0.4, -0.2) is 10.9 Å². The Labute approximate surface area is 128 Å². The van der Waals surface area contributed by atoms with Gasteiger partial charge in [0.25, 0.3) is 5.91 Å². The highest BCUT2D eigenvalue weighted by Crippen LogP contribution is 2.18. The van der Waals surface area contributed by atoms with Crippen molar-refractivity contribution >= 4 is 16.8 Å². The normalized spacial score (nSPS) is 9.77. The van der Waals surface area contributed by atoms with E-state index in [1.165, 1.54) is 12.1 Å². The van der Waals surface area contributed by atoms with E-state index in [0.29, 0.717) is 23.1 Å². The molecule has 0 fully saturated rings. The highest BCUT2D eigenvalue weighted by atomic mass is 19.1. The molecule has 110 valence electrons. The summed E-state index contributed by atoms with van der Waals surface area (Å²) in [5, 5.41) is 3.23. The first kappa shape index (κ1) is 15.3. The number of amides is 1. The quantitative estimate of drug-likeness (QED) is 0.714. The third-order valence-corrected chi connectivity index (χ3v) is 3.15. The van der Waals surface area contributed by atoms with Gasteiger partial charge in [0.2, 0.25) is 0 Å². The largest absolute Gasteiger partial charge is 0.350 e. The summed E-state index contributed by atoms with van der Waals surface area (Å²) in [4.78, 5) is 15.0. The molecule has 1 heterocycles. The van der Waals surface area contributed by atoms with Gasteiger partial charge in [0.1, 0.15) is 11.5 Å². The van der Waals surface area contributed by atoms with Crippen LogP contribution in [0.2, 0.25) is 0 Å². The first-order chi connectivity index (χ1) is 10.7. The van der Waals surface area contributed by atoms with Gasteiger partial charge in [0.05, 0.1) is 0 Å². The minimum absolute atomic E-state index is 0.246. The highest BCUT2D eigenvalue weighted by molar-refractivity contribution is 5.98. The number of hydrogen-bond acceptors (Lipinski definition) is 1. The van der Waals surface area contributed by atoms with Gasteiger partial charge in [-0.3, -0.25) is 4.79 Å². The van der Waals surface area contributed by atoms with E-state index in [2.05, 4.69) is 23.1 Å². The number of fused-ring (bicyclic) bond motifs is 1. The number of H-pyrrole nitrogens is 1. The van der Waals surface area contributed by atoms with Crippen molar-refractivity contribution in [3.63, 3.8) is 0 Å². The van der Waals surface area contributed by atoms with Gasteiger partial charge in [-0.25, -0.2) is 4.39 Å². The molecule has 1 amide bonds. The minimum Gasteiger partial charge on any atom is -0.350 e. The fraction of sp³-hybridized carbons (Fsp3) is 0.0556. The topological polar surface area (TPSA) is 44.9 Å². The molecular formula is C18H15FN2O.